The van der Waals surface area contributed by atoms with Crippen molar-refractivity contribution in [1.82, 2.24) is 5.32 Å². The first-order valence-corrected chi connectivity index (χ1v) is 12.3. The fourth-order valence-corrected chi connectivity index (χ4v) is 4.33. The number of imide groups is 2. The molecular formula is C27H22BrClN2O6. The van der Waals surface area contributed by atoms with E-state index in [2.05, 4.69) is 21.2 Å². The number of anilines is 1. The summed E-state index contributed by atoms with van der Waals surface area (Å²) >= 11 is 9.38. The minimum atomic E-state index is -0.843. The zero-order valence-corrected chi connectivity index (χ0v) is 22.3. The van der Waals surface area contributed by atoms with Gasteiger partial charge in [0.05, 0.1) is 17.3 Å². The van der Waals surface area contributed by atoms with Crippen LogP contribution < -0.4 is 24.4 Å². The zero-order valence-electron chi connectivity index (χ0n) is 19.9. The average Bonchev–Trinajstić information content (AvgIpc) is 2.87. The van der Waals surface area contributed by atoms with Gasteiger partial charge in [-0.15, -0.1) is 0 Å². The van der Waals surface area contributed by atoms with Crippen LogP contribution in [-0.4, -0.2) is 38.2 Å². The average molecular weight is 586 g/mol. The van der Waals surface area contributed by atoms with E-state index in [-0.39, 0.29) is 17.9 Å². The summed E-state index contributed by atoms with van der Waals surface area (Å²) in [5.74, 6) is 0.0336. The molecule has 0 aromatic heterocycles. The van der Waals surface area contributed by atoms with Crippen molar-refractivity contribution in [2.24, 2.45) is 0 Å². The third-order valence-electron chi connectivity index (χ3n) is 5.43. The van der Waals surface area contributed by atoms with Crippen molar-refractivity contribution in [3.8, 4) is 17.2 Å². The Kier molecular flexibility index (Phi) is 8.15. The molecule has 0 aliphatic carbocycles. The van der Waals surface area contributed by atoms with E-state index < -0.39 is 17.8 Å². The summed E-state index contributed by atoms with van der Waals surface area (Å²) in [5.41, 5.74) is 1.57. The Hall–Kier alpha value is -3.82. The number of carbonyl (C=O) groups excluding carboxylic acids is 3. The minimum absolute atomic E-state index is 0.219. The number of methoxy groups -OCH3 is 1. The minimum Gasteiger partial charge on any atom is -0.493 e. The van der Waals surface area contributed by atoms with Crippen molar-refractivity contribution in [3.63, 3.8) is 0 Å². The van der Waals surface area contributed by atoms with Gasteiger partial charge in [-0.25, -0.2) is 9.69 Å². The monoisotopic (exact) mass is 584 g/mol. The van der Waals surface area contributed by atoms with E-state index in [9.17, 15) is 14.4 Å². The number of hydrogen-bond acceptors (Lipinski definition) is 6. The highest BCUT2D eigenvalue weighted by molar-refractivity contribution is 9.10. The van der Waals surface area contributed by atoms with Gasteiger partial charge in [-0.3, -0.25) is 14.9 Å². The first-order chi connectivity index (χ1) is 17.8. The van der Waals surface area contributed by atoms with Crippen LogP contribution in [0.25, 0.3) is 6.08 Å². The summed E-state index contributed by atoms with van der Waals surface area (Å²) in [5, 5.41) is 2.64. The highest BCUT2D eigenvalue weighted by Crippen LogP contribution is 2.37. The number of urea groups is 1. The number of halogens is 2. The predicted octanol–water partition coefficient (Wildman–Crippen LogP) is 5.54. The molecule has 1 saturated heterocycles. The Bertz CT molecular complexity index is 1390. The van der Waals surface area contributed by atoms with Crippen LogP contribution in [0, 0.1) is 6.92 Å². The van der Waals surface area contributed by atoms with E-state index in [1.165, 1.54) is 25.3 Å². The summed E-state index contributed by atoms with van der Waals surface area (Å²) in [6, 6.07) is 16.3. The van der Waals surface area contributed by atoms with Crippen LogP contribution in [0.5, 0.6) is 17.2 Å². The number of amides is 4. The van der Waals surface area contributed by atoms with E-state index in [0.29, 0.717) is 33.2 Å². The van der Waals surface area contributed by atoms with Gasteiger partial charge in [0.2, 0.25) is 0 Å². The molecule has 1 fully saturated rings. The van der Waals surface area contributed by atoms with E-state index >= 15 is 0 Å². The summed E-state index contributed by atoms with van der Waals surface area (Å²) in [6.07, 6.45) is 1.38. The van der Waals surface area contributed by atoms with Crippen molar-refractivity contribution in [2.45, 2.75) is 6.92 Å². The van der Waals surface area contributed by atoms with Crippen molar-refractivity contribution in [3.05, 3.63) is 86.9 Å². The number of hydrogen-bond donors (Lipinski definition) is 1. The first kappa shape index (κ1) is 26.2. The zero-order chi connectivity index (χ0) is 26.5. The molecule has 0 spiro atoms. The maximum atomic E-state index is 13.1. The molecule has 1 heterocycles. The van der Waals surface area contributed by atoms with Crippen LogP contribution in [0.1, 0.15) is 11.1 Å². The van der Waals surface area contributed by atoms with Gasteiger partial charge in [0, 0.05) is 5.02 Å². The molecule has 4 rings (SSSR count). The molecule has 1 N–H and O–H groups in total. The quantitative estimate of drug-likeness (QED) is 0.212. The van der Waals surface area contributed by atoms with E-state index in [0.717, 1.165) is 16.2 Å². The lowest BCUT2D eigenvalue weighted by Crippen LogP contribution is -2.54. The Morgan fingerprint density at radius 2 is 1.68 bits per heavy atom. The molecular weight excluding hydrogens is 564 g/mol. The van der Waals surface area contributed by atoms with Gasteiger partial charge in [-0.1, -0.05) is 29.8 Å². The molecule has 1 aliphatic heterocycles. The van der Waals surface area contributed by atoms with Gasteiger partial charge in [0.15, 0.2) is 11.5 Å². The molecule has 3 aromatic carbocycles. The molecule has 1 aliphatic rings. The molecule has 4 amide bonds. The van der Waals surface area contributed by atoms with Crippen LogP contribution >= 0.6 is 27.5 Å². The summed E-state index contributed by atoms with van der Waals surface area (Å²) in [4.78, 5) is 38.9. The topological polar surface area (TPSA) is 94.2 Å². The molecule has 0 atom stereocenters. The second kappa shape index (κ2) is 11.5. The Morgan fingerprint density at radius 3 is 2.38 bits per heavy atom. The maximum absolute atomic E-state index is 13.1. The predicted molar refractivity (Wildman–Crippen MR) is 143 cm³/mol. The lowest BCUT2D eigenvalue weighted by Gasteiger charge is -2.26. The third-order valence-corrected chi connectivity index (χ3v) is 6.27. The fraction of sp³-hybridized carbons (Fsp3) is 0.148. The Labute approximate surface area is 226 Å². The van der Waals surface area contributed by atoms with Gasteiger partial charge in [0.1, 0.15) is 24.5 Å². The van der Waals surface area contributed by atoms with Gasteiger partial charge in [0.25, 0.3) is 11.8 Å². The lowest BCUT2D eigenvalue weighted by molar-refractivity contribution is -0.122. The van der Waals surface area contributed by atoms with Crippen LogP contribution in [0.4, 0.5) is 10.5 Å². The van der Waals surface area contributed by atoms with E-state index in [4.69, 9.17) is 25.8 Å². The highest BCUT2D eigenvalue weighted by atomic mass is 79.9. The molecule has 0 radical (unpaired) electrons. The lowest BCUT2D eigenvalue weighted by atomic mass is 10.1. The van der Waals surface area contributed by atoms with Gasteiger partial charge >= 0.3 is 6.03 Å². The van der Waals surface area contributed by atoms with E-state index in [1.54, 1.807) is 24.3 Å². The normalized spacial score (nSPS) is 14.5. The largest absolute Gasteiger partial charge is 0.493 e. The van der Waals surface area contributed by atoms with Gasteiger partial charge in [-0.2, -0.15) is 0 Å². The van der Waals surface area contributed by atoms with Crippen molar-refractivity contribution in [2.75, 3.05) is 25.2 Å². The number of barbiturate groups is 1. The number of carbonyl (C=O) groups is 3. The number of nitrogens with one attached hydrogen (secondary N) is 1. The number of rotatable bonds is 8. The van der Waals surface area contributed by atoms with Crippen LogP contribution in [0.3, 0.4) is 0 Å². The molecule has 0 saturated carbocycles. The number of ether oxygens (including phenoxy) is 3. The Morgan fingerprint density at radius 1 is 0.973 bits per heavy atom. The second-order valence-electron chi connectivity index (χ2n) is 7.93. The number of benzene rings is 3. The second-order valence-corrected chi connectivity index (χ2v) is 9.22. The first-order valence-electron chi connectivity index (χ1n) is 11.1. The summed E-state index contributed by atoms with van der Waals surface area (Å²) in [7, 11) is 1.48. The Balaban J connectivity index is 1.53. The fourth-order valence-electron chi connectivity index (χ4n) is 3.63. The molecule has 3 aromatic rings. The third kappa shape index (κ3) is 5.95. The SMILES string of the molecule is COc1cc(C=C2C(=O)NC(=O)N(c3ccc(Cl)cc3)C2=O)cc(Br)c1OCCOc1ccccc1C. The van der Waals surface area contributed by atoms with Crippen molar-refractivity contribution in [1.29, 1.82) is 0 Å². The van der Waals surface area contributed by atoms with Crippen molar-refractivity contribution < 1.29 is 28.6 Å². The summed E-state index contributed by atoms with van der Waals surface area (Å²) in [6.45, 7) is 2.53. The standard InChI is InChI=1S/C27H22BrClN2O6/c1-16-5-3-4-6-22(16)36-11-12-37-24-21(28)14-17(15-23(24)35-2)13-20-25(32)30-27(34)31(26(20)33)19-9-7-18(29)8-10-19/h3-10,13-15H,11-12H2,1-2H3,(H,30,32,34). The van der Waals surface area contributed by atoms with E-state index in [1.807, 2.05) is 31.2 Å². The van der Waals surface area contributed by atoms with Crippen LogP contribution in [0.15, 0.2) is 70.7 Å². The maximum Gasteiger partial charge on any atom is 0.335 e. The molecule has 0 bridgehead atoms. The van der Waals surface area contributed by atoms with Crippen LogP contribution in [-0.2, 0) is 9.59 Å². The summed E-state index contributed by atoms with van der Waals surface area (Å²) < 4.78 is 17.7. The highest BCUT2D eigenvalue weighted by Gasteiger charge is 2.36. The molecule has 190 valence electrons. The number of nitrogens with zero attached hydrogens (tertiary/aromatic N) is 1. The number of aryl methyl sites for hydroxylation is 1. The smallest absolute Gasteiger partial charge is 0.335 e. The van der Waals surface area contributed by atoms with Crippen LogP contribution in [0.2, 0.25) is 5.02 Å². The molecule has 0 unspecified atom stereocenters. The molecule has 10 heteroatoms. The van der Waals surface area contributed by atoms with Gasteiger partial charge in [-0.05, 0) is 82.5 Å². The molecule has 8 nitrogen and oxygen atoms in total. The van der Waals surface area contributed by atoms with Gasteiger partial charge < -0.3 is 14.2 Å². The molecule has 37 heavy (non-hydrogen) atoms. The number of para-hydroxylation sites is 1. The van der Waals surface area contributed by atoms with Crippen molar-refractivity contribution >= 4 is 57.1 Å².